The summed E-state index contributed by atoms with van der Waals surface area (Å²) in [4.78, 5) is 18.4. The monoisotopic (exact) mass is 500 g/mol. The lowest BCUT2D eigenvalue weighted by Gasteiger charge is -2.45. The summed E-state index contributed by atoms with van der Waals surface area (Å²) in [6.45, 7) is 9.24. The first-order valence-electron chi connectivity index (χ1n) is 12.0. The summed E-state index contributed by atoms with van der Waals surface area (Å²) in [6, 6.07) is 11.7. The van der Waals surface area contributed by atoms with Crippen LogP contribution in [0.25, 0.3) is 10.2 Å². The van der Waals surface area contributed by atoms with Gasteiger partial charge in [0.25, 0.3) is 0 Å². The Balaban J connectivity index is 1.41. The van der Waals surface area contributed by atoms with E-state index in [4.69, 9.17) is 26.4 Å². The molecule has 2 heterocycles. The van der Waals surface area contributed by atoms with E-state index in [2.05, 4.69) is 18.7 Å². The minimum atomic E-state index is -0.824. The molecule has 5 nitrogen and oxygen atoms in total. The number of carboxylic acid groups (broad SMARTS) is 1. The molecule has 182 valence electrons. The highest BCUT2D eigenvalue weighted by atomic mass is 35.5. The van der Waals surface area contributed by atoms with Crippen molar-refractivity contribution in [2.75, 3.05) is 24.6 Å². The second-order valence-electron chi connectivity index (χ2n) is 9.59. The summed E-state index contributed by atoms with van der Waals surface area (Å²) in [6.07, 6.45) is 4.38. The normalized spacial score (nSPS) is 16.5. The molecule has 2 aromatic carbocycles. The fourth-order valence-corrected chi connectivity index (χ4v) is 6.44. The molecule has 1 aliphatic rings. The number of piperidine rings is 1. The number of aliphatic carboxylic acids is 1. The second kappa shape index (κ2) is 10.5. The Labute approximate surface area is 210 Å². The zero-order chi connectivity index (χ0) is 24.3. The first kappa shape index (κ1) is 24.8. The van der Waals surface area contributed by atoms with Crippen molar-refractivity contribution in [2.45, 2.75) is 52.9 Å². The van der Waals surface area contributed by atoms with Crippen molar-refractivity contribution >= 4 is 44.3 Å². The van der Waals surface area contributed by atoms with E-state index in [-0.39, 0.29) is 11.8 Å². The van der Waals surface area contributed by atoms with Crippen molar-refractivity contribution in [2.24, 2.45) is 11.3 Å². The zero-order valence-corrected chi connectivity index (χ0v) is 21.7. The van der Waals surface area contributed by atoms with E-state index < -0.39 is 5.97 Å². The highest BCUT2D eigenvalue weighted by Crippen LogP contribution is 2.45. The molecule has 3 aromatic rings. The van der Waals surface area contributed by atoms with Crippen LogP contribution in [0.1, 0.15) is 50.7 Å². The standard InChI is InChI=1S/C27H33ClN2O3S/c1-4-19(3)27(9-12-33-22-14-18(2)13-20(15-22)16-25(31)32)7-10-30(11-8-27)26-29-23-6-5-21(28)17-24(23)34-26/h5-6,13-15,17,19H,4,7-12,16H2,1-3H3,(H,31,32). The van der Waals surface area contributed by atoms with Crippen molar-refractivity contribution in [1.29, 1.82) is 0 Å². The lowest BCUT2D eigenvalue weighted by molar-refractivity contribution is -0.136. The number of halogens is 1. The van der Waals surface area contributed by atoms with E-state index in [0.717, 1.165) is 76.0 Å². The predicted octanol–water partition coefficient (Wildman–Crippen LogP) is 6.99. The van der Waals surface area contributed by atoms with Crippen LogP contribution in [0.2, 0.25) is 5.02 Å². The molecule has 1 N–H and O–H groups in total. The Morgan fingerprint density at radius 3 is 2.74 bits per heavy atom. The second-order valence-corrected chi connectivity index (χ2v) is 11.0. The highest BCUT2D eigenvalue weighted by molar-refractivity contribution is 7.22. The van der Waals surface area contributed by atoms with Gasteiger partial charge in [0.1, 0.15) is 5.75 Å². The molecule has 1 aliphatic heterocycles. The number of rotatable bonds is 9. The number of thiazole rings is 1. The highest BCUT2D eigenvalue weighted by Gasteiger charge is 2.39. The molecule has 0 radical (unpaired) electrons. The van der Waals surface area contributed by atoms with Gasteiger partial charge in [0, 0.05) is 18.1 Å². The van der Waals surface area contributed by atoms with Crippen LogP contribution in [-0.4, -0.2) is 35.8 Å². The van der Waals surface area contributed by atoms with Crippen molar-refractivity contribution < 1.29 is 14.6 Å². The van der Waals surface area contributed by atoms with Crippen molar-refractivity contribution in [3.63, 3.8) is 0 Å². The Hall–Kier alpha value is -2.31. The number of aromatic nitrogens is 1. The van der Waals surface area contributed by atoms with Crippen molar-refractivity contribution in [3.05, 3.63) is 52.5 Å². The molecule has 34 heavy (non-hydrogen) atoms. The van der Waals surface area contributed by atoms with E-state index in [0.29, 0.717) is 12.5 Å². The maximum Gasteiger partial charge on any atom is 0.307 e. The van der Waals surface area contributed by atoms with Crippen LogP contribution in [0.15, 0.2) is 36.4 Å². The molecular weight excluding hydrogens is 468 g/mol. The maximum absolute atomic E-state index is 11.1. The van der Waals surface area contributed by atoms with Gasteiger partial charge in [-0.15, -0.1) is 0 Å². The Morgan fingerprint density at radius 2 is 2.03 bits per heavy atom. The summed E-state index contributed by atoms with van der Waals surface area (Å²) < 4.78 is 7.30. The topological polar surface area (TPSA) is 62.7 Å². The first-order valence-corrected chi connectivity index (χ1v) is 13.2. The van der Waals surface area contributed by atoms with Gasteiger partial charge in [-0.25, -0.2) is 4.98 Å². The van der Waals surface area contributed by atoms with Gasteiger partial charge in [0.05, 0.1) is 23.2 Å². The van der Waals surface area contributed by atoms with Gasteiger partial charge in [-0.1, -0.05) is 49.3 Å². The van der Waals surface area contributed by atoms with Gasteiger partial charge < -0.3 is 14.7 Å². The molecule has 0 aliphatic carbocycles. The van der Waals surface area contributed by atoms with Gasteiger partial charge in [-0.05, 0) is 79.0 Å². The third-order valence-electron chi connectivity index (χ3n) is 7.36. The summed E-state index contributed by atoms with van der Waals surface area (Å²) in [5.74, 6) is 0.545. The van der Waals surface area contributed by atoms with Crippen LogP contribution in [0.5, 0.6) is 5.75 Å². The number of anilines is 1. The summed E-state index contributed by atoms with van der Waals surface area (Å²) in [7, 11) is 0. The smallest absolute Gasteiger partial charge is 0.307 e. The van der Waals surface area contributed by atoms with Gasteiger partial charge in [-0.3, -0.25) is 4.79 Å². The quantitative estimate of drug-likeness (QED) is 0.343. The van der Waals surface area contributed by atoms with Crippen LogP contribution in [0.3, 0.4) is 0 Å². The number of nitrogens with zero attached hydrogens (tertiary/aromatic N) is 2. The lowest BCUT2D eigenvalue weighted by atomic mass is 9.66. The first-order chi connectivity index (χ1) is 16.3. The Morgan fingerprint density at radius 1 is 1.26 bits per heavy atom. The average Bonchev–Trinajstić information content (AvgIpc) is 3.21. The van der Waals surface area contributed by atoms with Gasteiger partial charge in [-0.2, -0.15) is 0 Å². The molecule has 1 saturated heterocycles. The van der Waals surface area contributed by atoms with E-state index in [1.807, 2.05) is 43.3 Å². The molecular formula is C27H33ClN2O3S. The number of aryl methyl sites for hydroxylation is 1. The van der Waals surface area contributed by atoms with Crippen molar-refractivity contribution in [1.82, 2.24) is 4.98 Å². The minimum absolute atomic E-state index is 0.0165. The van der Waals surface area contributed by atoms with E-state index in [1.54, 1.807) is 11.3 Å². The molecule has 7 heteroatoms. The van der Waals surface area contributed by atoms with E-state index in [9.17, 15) is 4.79 Å². The van der Waals surface area contributed by atoms with Crippen LogP contribution in [-0.2, 0) is 11.2 Å². The molecule has 4 rings (SSSR count). The summed E-state index contributed by atoms with van der Waals surface area (Å²) in [5, 5.41) is 11.0. The van der Waals surface area contributed by atoms with Crippen LogP contribution in [0, 0.1) is 18.3 Å². The number of benzene rings is 2. The predicted molar refractivity (Wildman–Crippen MR) is 141 cm³/mol. The number of carboxylic acids is 1. The van der Waals surface area contributed by atoms with E-state index in [1.165, 1.54) is 0 Å². The van der Waals surface area contributed by atoms with Crippen molar-refractivity contribution in [3.8, 4) is 5.75 Å². The van der Waals surface area contributed by atoms with Crippen LogP contribution >= 0.6 is 22.9 Å². The third kappa shape index (κ3) is 5.66. The SMILES string of the molecule is CCC(C)C1(CCOc2cc(C)cc(CC(=O)O)c2)CCN(c2nc3ccc(Cl)cc3s2)CC1. The van der Waals surface area contributed by atoms with Gasteiger partial charge in [0.2, 0.25) is 0 Å². The van der Waals surface area contributed by atoms with E-state index >= 15 is 0 Å². The largest absolute Gasteiger partial charge is 0.494 e. The fourth-order valence-electron chi connectivity index (χ4n) is 5.14. The lowest BCUT2D eigenvalue weighted by Crippen LogP contribution is -2.44. The van der Waals surface area contributed by atoms with Crippen LogP contribution < -0.4 is 9.64 Å². The number of carbonyl (C=O) groups is 1. The molecule has 0 amide bonds. The number of hydrogen-bond acceptors (Lipinski definition) is 5. The number of hydrogen-bond donors (Lipinski definition) is 1. The maximum atomic E-state index is 11.1. The minimum Gasteiger partial charge on any atom is -0.494 e. The Bertz CT molecular complexity index is 1150. The molecule has 1 atom stereocenters. The van der Waals surface area contributed by atoms with Gasteiger partial charge in [0.15, 0.2) is 5.13 Å². The fraction of sp³-hybridized carbons (Fsp3) is 0.481. The molecule has 1 fully saturated rings. The molecule has 0 bridgehead atoms. The molecule has 0 spiro atoms. The van der Waals surface area contributed by atoms with Gasteiger partial charge >= 0.3 is 5.97 Å². The summed E-state index contributed by atoms with van der Waals surface area (Å²) in [5.41, 5.74) is 3.05. The average molecular weight is 501 g/mol. The number of fused-ring (bicyclic) bond motifs is 1. The van der Waals surface area contributed by atoms with Crippen LogP contribution in [0.4, 0.5) is 5.13 Å². The molecule has 0 saturated carbocycles. The molecule has 1 aromatic heterocycles. The molecule has 1 unspecified atom stereocenters. The summed E-state index contributed by atoms with van der Waals surface area (Å²) >= 11 is 7.88. The zero-order valence-electron chi connectivity index (χ0n) is 20.1. The third-order valence-corrected chi connectivity index (χ3v) is 8.68. The number of ether oxygens (including phenoxy) is 1. The Kier molecular flexibility index (Phi) is 7.68.